The third-order valence-electron chi connectivity index (χ3n) is 3.24. The van der Waals surface area contributed by atoms with Crippen molar-refractivity contribution in [2.75, 3.05) is 7.11 Å². The summed E-state index contributed by atoms with van der Waals surface area (Å²) in [6.07, 6.45) is 13.2. The van der Waals surface area contributed by atoms with E-state index in [0.717, 1.165) is 25.7 Å². The fraction of sp³-hybridized carbons (Fsp3) is 0.824. The molecule has 0 spiro atoms. The topological polar surface area (TPSA) is 35.5 Å². The lowest BCUT2D eigenvalue weighted by Gasteiger charge is -2.23. The van der Waals surface area contributed by atoms with Crippen molar-refractivity contribution in [3.63, 3.8) is 0 Å². The first-order valence-electron chi connectivity index (χ1n) is 8.30. The average molecular weight is 315 g/mol. The van der Waals surface area contributed by atoms with Crippen LogP contribution in [-0.4, -0.2) is 27.5 Å². The largest absolute Gasteiger partial charge is 0.469 e. The minimum Gasteiger partial charge on any atom is -0.469 e. The molecule has 124 valence electrons. The minimum atomic E-state index is -1.43. The molecule has 0 heterocycles. The molecule has 0 aliphatic rings. The van der Waals surface area contributed by atoms with E-state index in [1.807, 2.05) is 0 Å². The second kappa shape index (κ2) is 12.0. The third kappa shape index (κ3) is 14.1. The van der Waals surface area contributed by atoms with Gasteiger partial charge in [-0.1, -0.05) is 38.3 Å². The van der Waals surface area contributed by atoms with E-state index in [4.69, 9.17) is 4.43 Å². The number of methoxy groups -OCH3 is 1. The van der Waals surface area contributed by atoms with Crippen molar-refractivity contribution in [3.8, 4) is 0 Å². The minimum absolute atomic E-state index is 0.0917. The molecular formula is C17H34O3Si. The van der Waals surface area contributed by atoms with Gasteiger partial charge >= 0.3 is 5.97 Å². The zero-order valence-electron chi connectivity index (χ0n) is 14.6. The number of hydrogen-bond donors (Lipinski definition) is 0. The van der Waals surface area contributed by atoms with E-state index in [2.05, 4.69) is 43.5 Å². The van der Waals surface area contributed by atoms with E-state index in [1.165, 1.54) is 26.4 Å². The first-order valence-corrected chi connectivity index (χ1v) is 11.7. The molecule has 0 rings (SSSR count). The molecule has 4 heteroatoms. The number of unbranched alkanes of at least 4 members (excludes halogenated alkanes) is 5. The lowest BCUT2D eigenvalue weighted by Crippen LogP contribution is -2.30. The van der Waals surface area contributed by atoms with Crippen LogP contribution >= 0.6 is 0 Å². The number of carbonyl (C=O) groups excluding carboxylic acids is 1. The van der Waals surface area contributed by atoms with Gasteiger partial charge in [-0.25, -0.2) is 0 Å². The van der Waals surface area contributed by atoms with Crippen LogP contribution in [0.4, 0.5) is 0 Å². The number of rotatable bonds is 12. The van der Waals surface area contributed by atoms with E-state index in [0.29, 0.717) is 6.42 Å². The molecule has 0 aromatic heterocycles. The van der Waals surface area contributed by atoms with Crippen LogP contribution in [0, 0.1) is 0 Å². The first kappa shape index (κ1) is 20.4. The molecule has 0 saturated carbocycles. The Hall–Kier alpha value is -0.613. The van der Waals surface area contributed by atoms with Crippen LogP contribution in [-0.2, 0) is 14.0 Å². The van der Waals surface area contributed by atoms with Crippen LogP contribution in [0.15, 0.2) is 12.2 Å². The standard InChI is InChI=1S/C17H34O3Si/c1-6-16(20-21(3,4)5)14-12-10-8-7-9-11-13-15-17(18)19-2/h12,14,16H,6-11,13,15H2,1-5H3/b14-12+. The number of carbonyl (C=O) groups is 1. The zero-order chi connectivity index (χ0) is 16.1. The summed E-state index contributed by atoms with van der Waals surface area (Å²) in [5.74, 6) is -0.0917. The van der Waals surface area contributed by atoms with Crippen molar-refractivity contribution in [2.24, 2.45) is 0 Å². The van der Waals surface area contributed by atoms with Gasteiger partial charge in [0.1, 0.15) is 0 Å². The molecule has 0 bridgehead atoms. The predicted octanol–water partition coefficient (Wildman–Crippen LogP) is 5.08. The predicted molar refractivity (Wildman–Crippen MR) is 92.0 cm³/mol. The molecule has 3 nitrogen and oxygen atoms in total. The molecule has 0 radical (unpaired) electrons. The lowest BCUT2D eigenvalue weighted by molar-refractivity contribution is -0.140. The Bertz CT molecular complexity index is 295. The van der Waals surface area contributed by atoms with Crippen LogP contribution in [0.2, 0.25) is 19.6 Å². The highest BCUT2D eigenvalue weighted by atomic mass is 28.4. The maximum atomic E-state index is 10.9. The lowest BCUT2D eigenvalue weighted by atomic mass is 10.1. The van der Waals surface area contributed by atoms with Gasteiger partial charge in [0, 0.05) is 6.42 Å². The third-order valence-corrected chi connectivity index (χ3v) is 4.25. The summed E-state index contributed by atoms with van der Waals surface area (Å²) in [5, 5.41) is 0. The Kier molecular flexibility index (Phi) is 11.6. The molecule has 0 aromatic rings. The van der Waals surface area contributed by atoms with Crippen LogP contribution in [0.3, 0.4) is 0 Å². The average Bonchev–Trinajstić information content (AvgIpc) is 2.42. The van der Waals surface area contributed by atoms with Gasteiger partial charge in [0.05, 0.1) is 13.2 Å². The molecule has 0 aromatic carbocycles. The Morgan fingerprint density at radius 2 is 1.71 bits per heavy atom. The van der Waals surface area contributed by atoms with Gasteiger partial charge in [-0.3, -0.25) is 4.79 Å². The molecule has 0 amide bonds. The highest BCUT2D eigenvalue weighted by Crippen LogP contribution is 2.12. The second-order valence-electron chi connectivity index (χ2n) is 6.49. The van der Waals surface area contributed by atoms with Gasteiger partial charge in [0.2, 0.25) is 0 Å². The van der Waals surface area contributed by atoms with Crippen molar-refractivity contribution in [1.29, 1.82) is 0 Å². The summed E-state index contributed by atoms with van der Waals surface area (Å²) in [6.45, 7) is 8.88. The Morgan fingerprint density at radius 3 is 2.29 bits per heavy atom. The zero-order valence-corrected chi connectivity index (χ0v) is 15.6. The molecule has 1 unspecified atom stereocenters. The smallest absolute Gasteiger partial charge is 0.305 e. The summed E-state index contributed by atoms with van der Waals surface area (Å²) >= 11 is 0. The van der Waals surface area contributed by atoms with Gasteiger partial charge in [0.25, 0.3) is 0 Å². The first-order chi connectivity index (χ1) is 9.89. The highest BCUT2D eigenvalue weighted by Gasteiger charge is 2.17. The quantitative estimate of drug-likeness (QED) is 0.218. The van der Waals surface area contributed by atoms with E-state index < -0.39 is 8.32 Å². The highest BCUT2D eigenvalue weighted by molar-refractivity contribution is 6.69. The van der Waals surface area contributed by atoms with Crippen LogP contribution in [0.25, 0.3) is 0 Å². The molecule has 21 heavy (non-hydrogen) atoms. The van der Waals surface area contributed by atoms with Crippen molar-refractivity contribution in [2.45, 2.75) is 84.0 Å². The maximum absolute atomic E-state index is 10.9. The molecule has 0 aliphatic heterocycles. The summed E-state index contributed by atoms with van der Waals surface area (Å²) < 4.78 is 10.7. The summed E-state index contributed by atoms with van der Waals surface area (Å²) in [5.41, 5.74) is 0. The summed E-state index contributed by atoms with van der Waals surface area (Å²) in [4.78, 5) is 10.9. The Morgan fingerprint density at radius 1 is 1.10 bits per heavy atom. The number of hydrogen-bond acceptors (Lipinski definition) is 3. The van der Waals surface area contributed by atoms with Crippen molar-refractivity contribution in [1.82, 2.24) is 0 Å². The van der Waals surface area contributed by atoms with E-state index in [1.54, 1.807) is 0 Å². The fourth-order valence-electron chi connectivity index (χ4n) is 2.12. The summed E-state index contributed by atoms with van der Waals surface area (Å²) in [7, 11) is 0.0153. The van der Waals surface area contributed by atoms with Gasteiger partial charge in [-0.15, -0.1) is 0 Å². The number of allylic oxidation sites excluding steroid dienone is 1. The normalized spacial score (nSPS) is 13.6. The van der Waals surface area contributed by atoms with Gasteiger partial charge in [-0.05, 0) is 45.3 Å². The number of ether oxygens (including phenoxy) is 1. The van der Waals surface area contributed by atoms with Crippen molar-refractivity contribution in [3.05, 3.63) is 12.2 Å². The monoisotopic (exact) mass is 314 g/mol. The molecule has 1 atom stereocenters. The SMILES string of the molecule is CCC(/C=C/CCCCCCCC(=O)OC)O[Si](C)(C)C. The van der Waals surface area contributed by atoms with Crippen molar-refractivity contribution < 1.29 is 14.0 Å². The van der Waals surface area contributed by atoms with Gasteiger partial charge in [-0.2, -0.15) is 0 Å². The fourth-order valence-corrected chi connectivity index (χ4v) is 3.28. The van der Waals surface area contributed by atoms with Crippen LogP contribution in [0.5, 0.6) is 0 Å². The van der Waals surface area contributed by atoms with Gasteiger partial charge in [0.15, 0.2) is 8.32 Å². The van der Waals surface area contributed by atoms with Gasteiger partial charge < -0.3 is 9.16 Å². The molecule has 0 aliphatic carbocycles. The Labute approximate surface area is 132 Å². The molecular weight excluding hydrogens is 280 g/mol. The molecule has 0 fully saturated rings. The summed E-state index contributed by atoms with van der Waals surface area (Å²) in [6, 6.07) is 0. The van der Waals surface area contributed by atoms with Crippen LogP contribution in [0.1, 0.15) is 58.3 Å². The van der Waals surface area contributed by atoms with E-state index >= 15 is 0 Å². The van der Waals surface area contributed by atoms with Crippen molar-refractivity contribution >= 4 is 14.3 Å². The van der Waals surface area contributed by atoms with E-state index in [-0.39, 0.29) is 12.1 Å². The maximum Gasteiger partial charge on any atom is 0.305 e. The number of esters is 1. The van der Waals surface area contributed by atoms with Crippen LogP contribution < -0.4 is 0 Å². The Balaban J connectivity index is 3.56. The van der Waals surface area contributed by atoms with E-state index in [9.17, 15) is 4.79 Å². The second-order valence-corrected chi connectivity index (χ2v) is 10.9. The molecule has 0 saturated heterocycles. The molecule has 0 N–H and O–H groups in total.